The van der Waals surface area contributed by atoms with E-state index < -0.39 is 0 Å². The Hall–Kier alpha value is -0.940. The molecule has 3 rings (SSSR count). The van der Waals surface area contributed by atoms with Crippen LogP contribution >= 0.6 is 22.7 Å². The number of ether oxygens (including phenoxy) is 1. The third-order valence-electron chi connectivity index (χ3n) is 4.01. The van der Waals surface area contributed by atoms with Gasteiger partial charge in [-0.05, 0) is 28.5 Å². The minimum absolute atomic E-state index is 0.318. The zero-order valence-corrected chi connectivity index (χ0v) is 14.5. The van der Waals surface area contributed by atoms with Crippen molar-refractivity contribution in [2.45, 2.75) is 12.5 Å². The van der Waals surface area contributed by atoms with Gasteiger partial charge in [-0.1, -0.05) is 12.1 Å². The molecule has 0 bridgehead atoms. The van der Waals surface area contributed by atoms with Gasteiger partial charge in [0, 0.05) is 28.9 Å². The number of piperidine rings is 1. The van der Waals surface area contributed by atoms with Crippen LogP contribution in [0.25, 0.3) is 5.57 Å². The summed E-state index contributed by atoms with van der Waals surface area (Å²) in [4.78, 5) is 2.76. The zero-order valence-electron chi connectivity index (χ0n) is 12.8. The summed E-state index contributed by atoms with van der Waals surface area (Å²) in [6, 6.07) is 8.77. The Morgan fingerprint density at radius 1 is 1.14 bits per heavy atom. The average Bonchev–Trinajstić information content (AvgIpc) is 3.11. The van der Waals surface area contributed by atoms with E-state index in [2.05, 4.69) is 49.1 Å². The van der Waals surface area contributed by atoms with Crippen LogP contribution in [0.4, 0.5) is 0 Å². The van der Waals surface area contributed by atoms with Gasteiger partial charge in [0.2, 0.25) is 0 Å². The van der Waals surface area contributed by atoms with Crippen molar-refractivity contribution in [2.24, 2.45) is 0 Å². The maximum Gasteiger partial charge on any atom is 0.110 e. The van der Waals surface area contributed by atoms with Gasteiger partial charge in [-0.3, -0.25) is 0 Å². The van der Waals surface area contributed by atoms with E-state index in [0.717, 1.165) is 24.0 Å². The predicted octanol–water partition coefficient (Wildman–Crippen LogP) is 4.11. The lowest BCUT2D eigenvalue weighted by molar-refractivity contribution is -0.892. The van der Waals surface area contributed by atoms with E-state index in [0.29, 0.717) is 6.10 Å². The first-order valence-corrected chi connectivity index (χ1v) is 8.99. The molecule has 0 N–H and O–H groups in total. The van der Waals surface area contributed by atoms with Crippen LogP contribution in [0.15, 0.2) is 40.6 Å². The summed E-state index contributed by atoms with van der Waals surface area (Å²) >= 11 is 3.67. The minimum atomic E-state index is 0.318. The summed E-state index contributed by atoms with van der Waals surface area (Å²) < 4.78 is 6.69. The fourth-order valence-corrected chi connectivity index (χ4v) is 4.92. The molecule has 0 aliphatic carbocycles. The van der Waals surface area contributed by atoms with E-state index >= 15 is 0 Å². The Morgan fingerprint density at radius 2 is 1.76 bits per heavy atom. The molecule has 1 aliphatic heterocycles. The number of hydrogen-bond donors (Lipinski definition) is 0. The van der Waals surface area contributed by atoms with Gasteiger partial charge in [0.15, 0.2) is 0 Å². The van der Waals surface area contributed by atoms with E-state index in [1.54, 1.807) is 0 Å². The number of hydrogen-bond acceptors (Lipinski definition) is 3. The van der Waals surface area contributed by atoms with Gasteiger partial charge in [-0.25, -0.2) is 0 Å². The van der Waals surface area contributed by atoms with Crippen molar-refractivity contribution >= 4 is 28.2 Å². The van der Waals surface area contributed by atoms with Crippen molar-refractivity contribution in [1.29, 1.82) is 0 Å². The van der Waals surface area contributed by atoms with Crippen molar-refractivity contribution in [3.8, 4) is 0 Å². The first-order chi connectivity index (χ1) is 10.1. The Bertz CT molecular complexity index is 575. The lowest BCUT2D eigenvalue weighted by atomic mass is 9.94. The number of thiophene rings is 2. The number of likely N-dealkylation sites (N-methyl/N-ethyl adjacent to an activating group) is 1. The van der Waals surface area contributed by atoms with Crippen molar-refractivity contribution in [2.75, 3.05) is 34.3 Å². The summed E-state index contributed by atoms with van der Waals surface area (Å²) in [6.45, 7) is 2.19. The molecule has 2 nitrogen and oxygen atoms in total. The van der Waals surface area contributed by atoms with E-state index in [9.17, 15) is 0 Å². The number of methoxy groups -OCH3 is 1. The molecule has 0 radical (unpaired) electrons. The smallest absolute Gasteiger partial charge is 0.110 e. The number of likely N-dealkylation sites (tertiary alicyclic amines) is 1. The molecule has 1 fully saturated rings. The monoisotopic (exact) mass is 320 g/mol. The van der Waals surface area contributed by atoms with Crippen LogP contribution in [0.2, 0.25) is 0 Å². The Balaban J connectivity index is 2.09. The fraction of sp³-hybridized carbons (Fsp3) is 0.412. The molecule has 0 aromatic carbocycles. The SMILES string of the molecule is CO[C@@H]1CC(=C(c2cccs2)c2cccs2)C[N+](C)(C)C1. The third-order valence-corrected chi connectivity index (χ3v) is 5.79. The molecule has 2 aromatic rings. The van der Waals surface area contributed by atoms with Gasteiger partial charge in [-0.2, -0.15) is 0 Å². The highest BCUT2D eigenvalue weighted by Gasteiger charge is 2.33. The van der Waals surface area contributed by atoms with Gasteiger partial charge in [0.05, 0.1) is 14.1 Å². The lowest BCUT2D eigenvalue weighted by Crippen LogP contribution is -2.51. The second-order valence-corrected chi connectivity index (χ2v) is 8.17. The molecule has 0 spiro atoms. The van der Waals surface area contributed by atoms with Gasteiger partial charge in [0.1, 0.15) is 19.2 Å². The molecular formula is C17H22NOS2+. The van der Waals surface area contributed by atoms with Crippen LogP contribution in [0, 0.1) is 0 Å². The third kappa shape index (κ3) is 3.29. The van der Waals surface area contributed by atoms with Gasteiger partial charge in [-0.15, -0.1) is 22.7 Å². The largest absolute Gasteiger partial charge is 0.375 e. The molecule has 0 unspecified atom stereocenters. The van der Waals surface area contributed by atoms with Crippen molar-refractivity contribution in [3.63, 3.8) is 0 Å². The first kappa shape index (κ1) is 15.0. The van der Waals surface area contributed by atoms with Gasteiger partial charge >= 0.3 is 0 Å². The topological polar surface area (TPSA) is 9.23 Å². The highest BCUT2D eigenvalue weighted by molar-refractivity contribution is 7.13. The minimum Gasteiger partial charge on any atom is -0.375 e. The van der Waals surface area contributed by atoms with Crippen LogP contribution in [-0.4, -0.2) is 44.9 Å². The second-order valence-electron chi connectivity index (χ2n) is 6.27. The first-order valence-electron chi connectivity index (χ1n) is 7.23. The molecule has 1 aliphatic rings. The maximum absolute atomic E-state index is 5.70. The van der Waals surface area contributed by atoms with E-state index in [4.69, 9.17) is 4.74 Å². The Morgan fingerprint density at radius 3 is 2.24 bits per heavy atom. The van der Waals surface area contributed by atoms with Gasteiger partial charge in [0.25, 0.3) is 0 Å². The second kappa shape index (κ2) is 6.05. The quantitative estimate of drug-likeness (QED) is 0.774. The molecule has 112 valence electrons. The summed E-state index contributed by atoms with van der Waals surface area (Å²) in [7, 11) is 6.43. The molecular weight excluding hydrogens is 298 g/mol. The zero-order chi connectivity index (χ0) is 14.9. The maximum atomic E-state index is 5.70. The molecule has 4 heteroatoms. The molecule has 1 atom stereocenters. The van der Waals surface area contributed by atoms with Crippen LogP contribution in [0.1, 0.15) is 16.2 Å². The van der Waals surface area contributed by atoms with Crippen molar-refractivity contribution in [3.05, 3.63) is 50.4 Å². The molecule has 1 saturated heterocycles. The normalized spacial score (nSPS) is 21.5. The molecule has 0 saturated carbocycles. The molecule has 21 heavy (non-hydrogen) atoms. The molecule has 2 aromatic heterocycles. The molecule has 3 heterocycles. The standard InChI is InChI=1S/C17H22NOS2/c1-18(2)11-13(10-14(12-18)19-3)17(15-6-4-8-20-15)16-7-5-9-21-16/h4-9,14H,10-12H2,1-3H3/q+1/t14-/m1/s1. The fourth-order valence-electron chi connectivity index (χ4n) is 3.19. The lowest BCUT2D eigenvalue weighted by Gasteiger charge is -2.39. The van der Waals surface area contributed by atoms with E-state index in [1.165, 1.54) is 20.9 Å². The summed E-state index contributed by atoms with van der Waals surface area (Å²) in [5, 5.41) is 4.33. The highest BCUT2D eigenvalue weighted by atomic mass is 32.1. The molecule has 0 amide bonds. The summed E-state index contributed by atoms with van der Waals surface area (Å²) in [5.41, 5.74) is 2.97. The van der Waals surface area contributed by atoms with Crippen LogP contribution < -0.4 is 0 Å². The van der Waals surface area contributed by atoms with Crippen molar-refractivity contribution < 1.29 is 9.22 Å². The van der Waals surface area contributed by atoms with Crippen LogP contribution in [0.3, 0.4) is 0 Å². The Labute approximate surface area is 134 Å². The van der Waals surface area contributed by atoms with Crippen LogP contribution in [0.5, 0.6) is 0 Å². The number of nitrogens with zero attached hydrogens (tertiary/aromatic N) is 1. The van der Waals surface area contributed by atoms with E-state index in [1.807, 2.05) is 29.8 Å². The summed E-state index contributed by atoms with van der Waals surface area (Å²) in [6.07, 6.45) is 1.36. The average molecular weight is 321 g/mol. The Kier molecular flexibility index (Phi) is 4.31. The van der Waals surface area contributed by atoms with E-state index in [-0.39, 0.29) is 0 Å². The summed E-state index contributed by atoms with van der Waals surface area (Å²) in [5.74, 6) is 0. The number of quaternary nitrogens is 1. The number of rotatable bonds is 3. The van der Waals surface area contributed by atoms with Crippen molar-refractivity contribution in [1.82, 2.24) is 0 Å². The highest BCUT2D eigenvalue weighted by Crippen LogP contribution is 2.37. The van der Waals surface area contributed by atoms with Gasteiger partial charge < -0.3 is 9.22 Å². The van der Waals surface area contributed by atoms with Crippen LogP contribution in [-0.2, 0) is 4.74 Å². The predicted molar refractivity (Wildman–Crippen MR) is 91.9 cm³/mol.